The lowest BCUT2D eigenvalue weighted by molar-refractivity contribution is 0.270. The average Bonchev–Trinajstić information content (AvgIpc) is 2.32. The molecule has 0 radical (unpaired) electrons. The summed E-state index contributed by atoms with van der Waals surface area (Å²) in [5.41, 5.74) is 5.02. The van der Waals surface area contributed by atoms with Crippen LogP contribution in [-0.2, 0) is 10.0 Å². The molecule has 0 aliphatic heterocycles. The van der Waals surface area contributed by atoms with Crippen LogP contribution in [0.2, 0.25) is 5.02 Å². The summed E-state index contributed by atoms with van der Waals surface area (Å²) in [4.78, 5) is -0.589. The van der Waals surface area contributed by atoms with Gasteiger partial charge in [0.05, 0.1) is 5.69 Å². The van der Waals surface area contributed by atoms with Crippen LogP contribution in [0.15, 0.2) is 17.0 Å². The van der Waals surface area contributed by atoms with E-state index in [9.17, 15) is 12.8 Å². The minimum atomic E-state index is -4.07. The molecule has 0 amide bonds. The van der Waals surface area contributed by atoms with Gasteiger partial charge in [0.2, 0.25) is 10.0 Å². The number of aliphatic hydroxyl groups is 1. The molecule has 0 fully saturated rings. The number of hydrogen-bond donors (Lipinski definition) is 3. The van der Waals surface area contributed by atoms with Crippen molar-refractivity contribution < 1.29 is 17.9 Å². The number of nitrogen functional groups attached to an aromatic ring is 1. The fraction of sp³-hybridized carbons (Fsp3) is 0.455. The number of halogens is 2. The van der Waals surface area contributed by atoms with Gasteiger partial charge in [0.1, 0.15) is 4.90 Å². The highest BCUT2D eigenvalue weighted by atomic mass is 35.5. The summed E-state index contributed by atoms with van der Waals surface area (Å²) in [5.74, 6) is -1.03. The maximum atomic E-state index is 13.8. The molecule has 0 aromatic heterocycles. The van der Waals surface area contributed by atoms with E-state index >= 15 is 0 Å². The summed E-state index contributed by atoms with van der Waals surface area (Å²) in [5, 5.41) is 8.86. The van der Waals surface area contributed by atoms with E-state index in [0.29, 0.717) is 6.42 Å². The van der Waals surface area contributed by atoms with Gasteiger partial charge in [-0.1, -0.05) is 18.5 Å². The molecule has 108 valence electrons. The topological polar surface area (TPSA) is 92.4 Å². The summed E-state index contributed by atoms with van der Waals surface area (Å²) in [7, 11) is -4.07. The van der Waals surface area contributed by atoms with Crippen molar-refractivity contribution in [3.63, 3.8) is 0 Å². The van der Waals surface area contributed by atoms with Crippen LogP contribution in [-0.4, -0.2) is 26.2 Å². The standard InChI is InChI=1S/C11H16ClFN2O3S/c1-2-8(3-4-16)15-19(17,18)10-6-7(12)5-9(14)11(10)13/h5-6,8,15-16H,2-4,14H2,1H3. The number of nitrogens with one attached hydrogen (secondary N) is 1. The molecule has 0 spiro atoms. The normalized spacial score (nSPS) is 13.5. The summed E-state index contributed by atoms with van der Waals surface area (Å²) < 4.78 is 40.2. The summed E-state index contributed by atoms with van der Waals surface area (Å²) in [6.45, 7) is 1.59. The molecule has 0 bridgehead atoms. The van der Waals surface area contributed by atoms with Crippen LogP contribution < -0.4 is 10.5 Å². The molecular weight excluding hydrogens is 295 g/mol. The number of aliphatic hydroxyl groups excluding tert-OH is 1. The van der Waals surface area contributed by atoms with Gasteiger partial charge in [-0.25, -0.2) is 17.5 Å². The lowest BCUT2D eigenvalue weighted by Crippen LogP contribution is -2.35. The van der Waals surface area contributed by atoms with E-state index in [2.05, 4.69) is 4.72 Å². The van der Waals surface area contributed by atoms with Gasteiger partial charge in [-0.2, -0.15) is 0 Å². The van der Waals surface area contributed by atoms with E-state index < -0.39 is 26.8 Å². The second-order valence-electron chi connectivity index (χ2n) is 4.05. The van der Waals surface area contributed by atoms with Crippen LogP contribution in [0.4, 0.5) is 10.1 Å². The maximum absolute atomic E-state index is 13.8. The fourth-order valence-corrected chi connectivity index (χ4v) is 3.34. The Kier molecular flexibility index (Phi) is 5.54. The number of sulfonamides is 1. The predicted octanol–water partition coefficient (Wildman–Crippen LogP) is 1.50. The van der Waals surface area contributed by atoms with Crippen molar-refractivity contribution in [2.45, 2.75) is 30.7 Å². The number of benzene rings is 1. The lowest BCUT2D eigenvalue weighted by Gasteiger charge is -2.16. The molecule has 8 heteroatoms. The van der Waals surface area contributed by atoms with Gasteiger partial charge in [0, 0.05) is 17.7 Å². The van der Waals surface area contributed by atoms with Gasteiger partial charge in [-0.05, 0) is 25.0 Å². The fourth-order valence-electron chi connectivity index (χ4n) is 1.57. The van der Waals surface area contributed by atoms with Crippen LogP contribution >= 0.6 is 11.6 Å². The van der Waals surface area contributed by atoms with E-state index in [-0.39, 0.29) is 23.7 Å². The molecule has 1 atom stereocenters. The van der Waals surface area contributed by atoms with Crippen molar-refractivity contribution in [2.24, 2.45) is 0 Å². The Labute approximate surface area is 116 Å². The highest BCUT2D eigenvalue weighted by molar-refractivity contribution is 7.89. The van der Waals surface area contributed by atoms with Crippen molar-refractivity contribution in [2.75, 3.05) is 12.3 Å². The SMILES string of the molecule is CCC(CCO)NS(=O)(=O)c1cc(Cl)cc(N)c1F. The van der Waals surface area contributed by atoms with Crippen LogP contribution in [0.1, 0.15) is 19.8 Å². The molecular formula is C11H16ClFN2O3S. The average molecular weight is 311 g/mol. The number of nitrogens with two attached hydrogens (primary N) is 1. The Morgan fingerprint density at radius 3 is 2.68 bits per heavy atom. The number of hydrogen-bond acceptors (Lipinski definition) is 4. The van der Waals surface area contributed by atoms with Crippen LogP contribution in [0.5, 0.6) is 0 Å². The third kappa shape index (κ3) is 4.04. The first-order chi connectivity index (χ1) is 8.81. The molecule has 0 aliphatic carbocycles. The first kappa shape index (κ1) is 16.2. The maximum Gasteiger partial charge on any atom is 0.243 e. The van der Waals surface area contributed by atoms with Gasteiger partial charge in [0.15, 0.2) is 5.82 Å². The number of anilines is 1. The van der Waals surface area contributed by atoms with Crippen molar-refractivity contribution in [1.82, 2.24) is 4.72 Å². The number of rotatable bonds is 6. The summed E-state index contributed by atoms with van der Waals surface area (Å²) in [6, 6.07) is 1.66. The van der Waals surface area contributed by atoms with Crippen molar-refractivity contribution >= 4 is 27.3 Å². The minimum absolute atomic E-state index is 0.0366. The Morgan fingerprint density at radius 1 is 1.53 bits per heavy atom. The third-order valence-electron chi connectivity index (χ3n) is 2.61. The van der Waals surface area contributed by atoms with E-state index in [4.69, 9.17) is 22.4 Å². The smallest absolute Gasteiger partial charge is 0.243 e. The van der Waals surface area contributed by atoms with E-state index in [1.165, 1.54) is 0 Å². The van der Waals surface area contributed by atoms with Gasteiger partial charge in [0.25, 0.3) is 0 Å². The quantitative estimate of drug-likeness (QED) is 0.694. The van der Waals surface area contributed by atoms with Crippen LogP contribution in [0.3, 0.4) is 0 Å². The molecule has 19 heavy (non-hydrogen) atoms. The Balaban J connectivity index is 3.13. The third-order valence-corrected chi connectivity index (χ3v) is 4.35. The molecule has 1 aromatic carbocycles. The first-order valence-electron chi connectivity index (χ1n) is 5.69. The van der Waals surface area contributed by atoms with Gasteiger partial charge < -0.3 is 10.8 Å². The molecule has 5 nitrogen and oxygen atoms in total. The zero-order valence-corrected chi connectivity index (χ0v) is 11.9. The second-order valence-corrected chi connectivity index (χ2v) is 6.16. The van der Waals surface area contributed by atoms with Crippen molar-refractivity contribution in [3.05, 3.63) is 23.0 Å². The molecule has 0 aliphatic rings. The molecule has 4 N–H and O–H groups in total. The zero-order valence-electron chi connectivity index (χ0n) is 10.4. The highest BCUT2D eigenvalue weighted by Crippen LogP contribution is 2.25. The zero-order chi connectivity index (χ0) is 14.6. The summed E-state index contributed by atoms with van der Waals surface area (Å²) >= 11 is 5.68. The van der Waals surface area contributed by atoms with E-state index in [1.54, 1.807) is 6.92 Å². The van der Waals surface area contributed by atoms with Crippen LogP contribution in [0.25, 0.3) is 0 Å². The first-order valence-corrected chi connectivity index (χ1v) is 7.55. The molecule has 1 aromatic rings. The lowest BCUT2D eigenvalue weighted by atomic mass is 10.2. The van der Waals surface area contributed by atoms with Gasteiger partial charge >= 0.3 is 0 Å². The van der Waals surface area contributed by atoms with E-state index in [0.717, 1.165) is 12.1 Å². The monoisotopic (exact) mass is 310 g/mol. The van der Waals surface area contributed by atoms with Crippen molar-refractivity contribution in [3.8, 4) is 0 Å². The van der Waals surface area contributed by atoms with Gasteiger partial charge in [-0.15, -0.1) is 0 Å². The highest BCUT2D eigenvalue weighted by Gasteiger charge is 2.24. The molecule has 0 heterocycles. The summed E-state index contributed by atoms with van der Waals surface area (Å²) in [6.07, 6.45) is 0.713. The Hall–Kier alpha value is -0.890. The van der Waals surface area contributed by atoms with Crippen LogP contribution in [0, 0.1) is 5.82 Å². The Morgan fingerprint density at radius 2 is 2.16 bits per heavy atom. The molecule has 1 unspecified atom stereocenters. The predicted molar refractivity (Wildman–Crippen MR) is 71.9 cm³/mol. The van der Waals surface area contributed by atoms with E-state index in [1.807, 2.05) is 0 Å². The molecule has 0 saturated heterocycles. The van der Waals surface area contributed by atoms with Gasteiger partial charge in [-0.3, -0.25) is 0 Å². The largest absolute Gasteiger partial charge is 0.396 e. The second kappa shape index (κ2) is 6.51. The Bertz CT molecular complexity index is 551. The molecule has 1 rings (SSSR count). The van der Waals surface area contributed by atoms with Crippen molar-refractivity contribution in [1.29, 1.82) is 0 Å². The minimum Gasteiger partial charge on any atom is -0.396 e. The molecule has 0 saturated carbocycles.